The largest absolute Gasteiger partial charge is 0.379 e. The van der Waals surface area contributed by atoms with Crippen molar-refractivity contribution in [3.8, 4) is 0 Å². The Morgan fingerprint density at radius 3 is 2.82 bits per heavy atom. The third kappa shape index (κ3) is 5.06. The fourth-order valence-electron chi connectivity index (χ4n) is 2.04. The summed E-state index contributed by atoms with van der Waals surface area (Å²) in [5.74, 6) is 0. The van der Waals surface area contributed by atoms with Crippen molar-refractivity contribution in [3.63, 3.8) is 0 Å². The van der Waals surface area contributed by atoms with E-state index >= 15 is 0 Å². The Labute approximate surface area is 138 Å². The number of ether oxygens (including phenoxy) is 1. The minimum absolute atomic E-state index is 0.0539. The molecular formula is C13H17ClN4O3S. The zero-order chi connectivity index (χ0) is 15.9. The number of hydrogen-bond donors (Lipinski definition) is 2. The first-order valence-corrected chi connectivity index (χ1v) is 7.64. The summed E-state index contributed by atoms with van der Waals surface area (Å²) in [7, 11) is 0. The summed E-state index contributed by atoms with van der Waals surface area (Å²) in [5, 5.41) is 17.4. The molecule has 2 N–H and O–H groups in total. The van der Waals surface area contributed by atoms with Crippen LogP contribution < -0.4 is 10.6 Å². The van der Waals surface area contributed by atoms with Crippen LogP contribution in [0.1, 0.15) is 0 Å². The van der Waals surface area contributed by atoms with E-state index in [2.05, 4.69) is 15.5 Å². The predicted molar refractivity (Wildman–Crippen MR) is 89.6 cm³/mol. The van der Waals surface area contributed by atoms with Crippen LogP contribution in [0.3, 0.4) is 0 Å². The molecule has 0 bridgehead atoms. The predicted octanol–water partition coefficient (Wildman–Crippen LogP) is 1.87. The van der Waals surface area contributed by atoms with E-state index in [0.29, 0.717) is 17.3 Å². The fraction of sp³-hybridized carbons (Fsp3) is 0.462. The summed E-state index contributed by atoms with van der Waals surface area (Å²) >= 11 is 11.2. The van der Waals surface area contributed by atoms with Gasteiger partial charge in [-0.15, -0.1) is 0 Å². The van der Waals surface area contributed by atoms with Crippen molar-refractivity contribution in [2.24, 2.45) is 0 Å². The first-order valence-electron chi connectivity index (χ1n) is 6.85. The number of morpholine rings is 1. The number of hydrogen-bond acceptors (Lipinski definition) is 5. The van der Waals surface area contributed by atoms with Gasteiger partial charge < -0.3 is 15.4 Å². The number of thiocarbonyl (C=S) groups is 1. The Bertz CT molecular complexity index is 552. The molecule has 120 valence electrons. The average Bonchev–Trinajstić information content (AvgIpc) is 2.50. The van der Waals surface area contributed by atoms with Gasteiger partial charge in [0.05, 0.1) is 28.8 Å². The summed E-state index contributed by atoms with van der Waals surface area (Å²) in [6.45, 7) is 4.96. The zero-order valence-electron chi connectivity index (χ0n) is 11.9. The van der Waals surface area contributed by atoms with Gasteiger partial charge in [-0.05, 0) is 18.3 Å². The van der Waals surface area contributed by atoms with E-state index in [1.54, 1.807) is 0 Å². The molecule has 1 aromatic rings. The molecule has 1 aliphatic heterocycles. The van der Waals surface area contributed by atoms with Crippen molar-refractivity contribution >= 4 is 40.3 Å². The van der Waals surface area contributed by atoms with Gasteiger partial charge in [0.15, 0.2) is 5.11 Å². The first-order chi connectivity index (χ1) is 10.6. The van der Waals surface area contributed by atoms with Gasteiger partial charge in [-0.3, -0.25) is 15.0 Å². The molecule has 0 atom stereocenters. The second-order valence-corrected chi connectivity index (χ2v) is 5.57. The third-order valence-electron chi connectivity index (χ3n) is 3.23. The fourth-order valence-corrected chi connectivity index (χ4v) is 2.47. The number of anilines is 1. The first kappa shape index (κ1) is 16.9. The Hall–Kier alpha value is -1.48. The number of benzene rings is 1. The van der Waals surface area contributed by atoms with Crippen molar-refractivity contribution in [1.29, 1.82) is 0 Å². The number of nitro benzene ring substituents is 1. The van der Waals surface area contributed by atoms with Crippen LogP contribution in [-0.4, -0.2) is 54.3 Å². The lowest BCUT2D eigenvalue weighted by Gasteiger charge is -2.26. The summed E-state index contributed by atoms with van der Waals surface area (Å²) in [6.07, 6.45) is 0. The van der Waals surface area contributed by atoms with E-state index in [4.69, 9.17) is 28.6 Å². The monoisotopic (exact) mass is 344 g/mol. The van der Waals surface area contributed by atoms with Crippen molar-refractivity contribution in [2.45, 2.75) is 0 Å². The molecule has 1 aliphatic rings. The smallest absolute Gasteiger partial charge is 0.271 e. The maximum Gasteiger partial charge on any atom is 0.271 e. The third-order valence-corrected chi connectivity index (χ3v) is 3.79. The minimum Gasteiger partial charge on any atom is -0.379 e. The number of nitro groups is 1. The molecular weight excluding hydrogens is 328 g/mol. The van der Waals surface area contributed by atoms with Crippen LogP contribution in [0.5, 0.6) is 0 Å². The molecule has 7 nitrogen and oxygen atoms in total. The van der Waals surface area contributed by atoms with Gasteiger partial charge in [0.2, 0.25) is 0 Å². The second-order valence-electron chi connectivity index (χ2n) is 4.76. The van der Waals surface area contributed by atoms with Crippen molar-refractivity contribution in [2.75, 3.05) is 44.7 Å². The van der Waals surface area contributed by atoms with Gasteiger partial charge in [0.1, 0.15) is 0 Å². The Balaban J connectivity index is 1.77. The van der Waals surface area contributed by atoms with Gasteiger partial charge >= 0.3 is 0 Å². The SMILES string of the molecule is O=[N+]([O-])c1ccc(NC(=S)NCCN2CCOCC2)c(Cl)c1. The highest BCUT2D eigenvalue weighted by molar-refractivity contribution is 7.80. The molecule has 9 heteroatoms. The highest BCUT2D eigenvalue weighted by Crippen LogP contribution is 2.26. The van der Waals surface area contributed by atoms with Crippen LogP contribution >= 0.6 is 23.8 Å². The maximum absolute atomic E-state index is 10.7. The Morgan fingerprint density at radius 1 is 1.45 bits per heavy atom. The van der Waals surface area contributed by atoms with E-state index in [1.807, 2.05) is 0 Å². The van der Waals surface area contributed by atoms with E-state index in [9.17, 15) is 10.1 Å². The van der Waals surface area contributed by atoms with Crippen molar-refractivity contribution < 1.29 is 9.66 Å². The van der Waals surface area contributed by atoms with Gasteiger partial charge in [-0.1, -0.05) is 11.6 Å². The van der Waals surface area contributed by atoms with Crippen LogP contribution in [0.2, 0.25) is 5.02 Å². The number of non-ortho nitro benzene ring substituents is 1. The quantitative estimate of drug-likeness (QED) is 0.479. The van der Waals surface area contributed by atoms with E-state index in [1.165, 1.54) is 18.2 Å². The molecule has 0 aliphatic carbocycles. The van der Waals surface area contributed by atoms with Crippen LogP contribution in [0.4, 0.5) is 11.4 Å². The van der Waals surface area contributed by atoms with Crippen LogP contribution in [0.15, 0.2) is 18.2 Å². The summed E-state index contributed by atoms with van der Waals surface area (Å²) in [4.78, 5) is 12.5. The molecule has 0 unspecified atom stereocenters. The molecule has 1 fully saturated rings. The topological polar surface area (TPSA) is 79.7 Å². The van der Waals surface area contributed by atoms with Gasteiger partial charge in [0.25, 0.3) is 5.69 Å². The van der Waals surface area contributed by atoms with E-state index in [0.717, 1.165) is 32.8 Å². The molecule has 1 saturated heterocycles. The standard InChI is InChI=1S/C13H17ClN4O3S/c14-11-9-10(18(19)20)1-2-12(11)16-13(22)15-3-4-17-5-7-21-8-6-17/h1-2,9H,3-8H2,(H2,15,16,22). The van der Waals surface area contributed by atoms with Gasteiger partial charge in [0, 0.05) is 38.3 Å². The Morgan fingerprint density at radius 2 is 2.18 bits per heavy atom. The number of nitrogens with one attached hydrogen (secondary N) is 2. The summed E-state index contributed by atoms with van der Waals surface area (Å²) in [6, 6.07) is 4.21. The second kappa shape index (κ2) is 8.23. The van der Waals surface area contributed by atoms with Crippen LogP contribution in [0, 0.1) is 10.1 Å². The minimum atomic E-state index is -0.492. The number of halogens is 1. The molecule has 0 aromatic heterocycles. The van der Waals surface area contributed by atoms with E-state index < -0.39 is 4.92 Å². The lowest BCUT2D eigenvalue weighted by molar-refractivity contribution is -0.384. The lowest BCUT2D eigenvalue weighted by atomic mass is 10.3. The van der Waals surface area contributed by atoms with Crippen LogP contribution in [-0.2, 0) is 4.74 Å². The van der Waals surface area contributed by atoms with Gasteiger partial charge in [-0.2, -0.15) is 0 Å². The normalized spacial score (nSPS) is 15.3. The zero-order valence-corrected chi connectivity index (χ0v) is 13.5. The van der Waals surface area contributed by atoms with Crippen LogP contribution in [0.25, 0.3) is 0 Å². The molecule has 0 radical (unpaired) electrons. The Kier molecular flexibility index (Phi) is 6.32. The van der Waals surface area contributed by atoms with Crippen molar-refractivity contribution in [3.05, 3.63) is 33.3 Å². The molecule has 0 spiro atoms. The highest BCUT2D eigenvalue weighted by atomic mass is 35.5. The molecule has 22 heavy (non-hydrogen) atoms. The number of rotatable bonds is 5. The molecule has 0 amide bonds. The van der Waals surface area contributed by atoms with Gasteiger partial charge in [-0.25, -0.2) is 0 Å². The summed E-state index contributed by atoms with van der Waals surface area (Å²) < 4.78 is 5.28. The highest BCUT2D eigenvalue weighted by Gasteiger charge is 2.11. The van der Waals surface area contributed by atoms with Crippen molar-refractivity contribution in [1.82, 2.24) is 10.2 Å². The van der Waals surface area contributed by atoms with E-state index in [-0.39, 0.29) is 10.7 Å². The maximum atomic E-state index is 10.7. The average molecular weight is 345 g/mol. The number of nitrogens with zero attached hydrogens (tertiary/aromatic N) is 2. The molecule has 0 saturated carbocycles. The lowest BCUT2D eigenvalue weighted by Crippen LogP contribution is -2.42. The molecule has 1 heterocycles. The molecule has 2 rings (SSSR count). The molecule has 1 aromatic carbocycles. The summed E-state index contributed by atoms with van der Waals surface area (Å²) in [5.41, 5.74) is 0.484.